The second kappa shape index (κ2) is 7.59. The van der Waals surface area contributed by atoms with Crippen LogP contribution in [0.4, 0.5) is 4.39 Å². The van der Waals surface area contributed by atoms with Crippen molar-refractivity contribution >= 4 is 43.6 Å². The van der Waals surface area contributed by atoms with Crippen LogP contribution in [0.3, 0.4) is 0 Å². The molecule has 106 valence electrons. The highest BCUT2D eigenvalue weighted by Crippen LogP contribution is 2.28. The lowest BCUT2D eigenvalue weighted by Crippen LogP contribution is -2.25. The Morgan fingerprint density at radius 2 is 1.85 bits per heavy atom. The topological polar surface area (TPSA) is 26.0 Å². The summed E-state index contributed by atoms with van der Waals surface area (Å²) in [5.41, 5.74) is 7.05. The van der Waals surface area contributed by atoms with Crippen molar-refractivity contribution in [3.8, 4) is 0 Å². The number of hydrogen-bond donors (Lipinski definition) is 1. The van der Waals surface area contributed by atoms with Crippen molar-refractivity contribution in [2.45, 2.75) is 17.4 Å². The quantitative estimate of drug-likeness (QED) is 0.690. The molecule has 0 aliphatic heterocycles. The lowest BCUT2D eigenvalue weighted by atomic mass is 10.1. The van der Waals surface area contributed by atoms with E-state index in [1.54, 1.807) is 17.8 Å². The van der Waals surface area contributed by atoms with E-state index in [2.05, 4.69) is 37.9 Å². The molecule has 0 fully saturated rings. The number of thioether (sulfide) groups is 1. The first-order chi connectivity index (χ1) is 9.58. The van der Waals surface area contributed by atoms with Gasteiger partial charge in [-0.3, -0.25) is 0 Å². The van der Waals surface area contributed by atoms with Crippen LogP contribution < -0.4 is 5.73 Å². The molecule has 1 atom stereocenters. The van der Waals surface area contributed by atoms with Crippen molar-refractivity contribution in [3.05, 3.63) is 62.8 Å². The monoisotopic (exact) mass is 417 g/mol. The summed E-state index contributed by atoms with van der Waals surface area (Å²) in [7, 11) is 0. The van der Waals surface area contributed by atoms with Gasteiger partial charge in [-0.2, -0.15) is 0 Å². The number of rotatable bonds is 5. The van der Waals surface area contributed by atoms with Gasteiger partial charge in [0, 0.05) is 21.2 Å². The van der Waals surface area contributed by atoms with Gasteiger partial charge in [-0.1, -0.05) is 24.3 Å². The fourth-order valence-corrected chi connectivity index (χ4v) is 3.75. The summed E-state index contributed by atoms with van der Waals surface area (Å²) in [5, 5.41) is 0. The first kappa shape index (κ1) is 16.0. The van der Waals surface area contributed by atoms with E-state index in [0.717, 1.165) is 15.8 Å². The number of hydrogen-bond acceptors (Lipinski definition) is 2. The van der Waals surface area contributed by atoms with Crippen molar-refractivity contribution in [3.63, 3.8) is 0 Å². The molecule has 0 amide bonds. The number of nitrogens with two attached hydrogens (primary N) is 1. The molecule has 2 rings (SSSR count). The van der Waals surface area contributed by atoms with Gasteiger partial charge in [-0.25, -0.2) is 4.39 Å². The van der Waals surface area contributed by atoms with Crippen LogP contribution in [0.15, 0.2) is 56.3 Å². The molecule has 0 saturated carbocycles. The van der Waals surface area contributed by atoms with Crippen LogP contribution in [0.5, 0.6) is 0 Å². The van der Waals surface area contributed by atoms with Gasteiger partial charge < -0.3 is 5.73 Å². The zero-order valence-electron chi connectivity index (χ0n) is 10.7. The molecule has 0 spiro atoms. The van der Waals surface area contributed by atoms with E-state index in [0.29, 0.717) is 10.9 Å². The molecule has 0 heterocycles. The Bertz CT molecular complexity index is 592. The summed E-state index contributed by atoms with van der Waals surface area (Å²) in [6, 6.07) is 13.1. The molecular formula is C15H14Br2FNS. The van der Waals surface area contributed by atoms with Gasteiger partial charge in [0.1, 0.15) is 5.82 Å². The van der Waals surface area contributed by atoms with Crippen LogP contribution in [0.1, 0.15) is 5.56 Å². The SMILES string of the molecule is NC(CSc1ccccc1Br)Cc1cccc(F)c1Br. The zero-order chi connectivity index (χ0) is 14.5. The van der Waals surface area contributed by atoms with E-state index in [-0.39, 0.29) is 11.9 Å². The van der Waals surface area contributed by atoms with Gasteiger partial charge in [0.25, 0.3) is 0 Å². The Balaban J connectivity index is 1.94. The largest absolute Gasteiger partial charge is 0.327 e. The molecule has 0 aromatic heterocycles. The molecule has 0 aliphatic rings. The van der Waals surface area contributed by atoms with Crippen LogP contribution in [0.2, 0.25) is 0 Å². The summed E-state index contributed by atoms with van der Waals surface area (Å²) in [5.74, 6) is 0.541. The number of benzene rings is 2. The zero-order valence-corrected chi connectivity index (χ0v) is 14.6. The van der Waals surface area contributed by atoms with E-state index in [1.165, 1.54) is 11.0 Å². The second-order valence-corrected chi connectivity index (χ2v) is 7.13. The maximum atomic E-state index is 13.4. The third kappa shape index (κ3) is 4.32. The molecular weight excluding hydrogens is 405 g/mol. The van der Waals surface area contributed by atoms with Crippen molar-refractivity contribution in [2.24, 2.45) is 5.73 Å². The van der Waals surface area contributed by atoms with Gasteiger partial charge in [0.2, 0.25) is 0 Å². The van der Waals surface area contributed by atoms with Crippen LogP contribution in [0.25, 0.3) is 0 Å². The standard InChI is InChI=1S/C15H14Br2FNS/c16-12-5-1-2-7-14(12)20-9-11(19)8-10-4-3-6-13(18)15(10)17/h1-7,11H,8-9,19H2. The Kier molecular flexibility index (Phi) is 6.08. The second-order valence-electron chi connectivity index (χ2n) is 4.42. The molecule has 1 nitrogen and oxygen atoms in total. The van der Waals surface area contributed by atoms with Crippen molar-refractivity contribution < 1.29 is 4.39 Å². The minimum atomic E-state index is -0.242. The van der Waals surface area contributed by atoms with E-state index < -0.39 is 0 Å². The highest BCUT2D eigenvalue weighted by atomic mass is 79.9. The van der Waals surface area contributed by atoms with E-state index in [4.69, 9.17) is 5.73 Å². The third-order valence-electron chi connectivity index (χ3n) is 2.80. The molecule has 2 aromatic carbocycles. The first-order valence-electron chi connectivity index (χ1n) is 6.13. The van der Waals surface area contributed by atoms with Crippen LogP contribution in [0, 0.1) is 5.82 Å². The van der Waals surface area contributed by atoms with E-state index in [1.807, 2.05) is 24.3 Å². The maximum Gasteiger partial charge on any atom is 0.137 e. The first-order valence-corrected chi connectivity index (χ1v) is 8.71. The highest BCUT2D eigenvalue weighted by molar-refractivity contribution is 9.10. The molecule has 0 radical (unpaired) electrons. The molecule has 5 heteroatoms. The van der Waals surface area contributed by atoms with Crippen molar-refractivity contribution in [1.29, 1.82) is 0 Å². The normalized spacial score (nSPS) is 12.4. The minimum absolute atomic E-state index is 0.0230. The Morgan fingerprint density at radius 3 is 2.60 bits per heavy atom. The predicted octanol–water partition coefficient (Wildman–Crippen LogP) is 5.01. The smallest absolute Gasteiger partial charge is 0.137 e. The van der Waals surface area contributed by atoms with Crippen LogP contribution in [-0.2, 0) is 6.42 Å². The number of halogens is 3. The average Bonchev–Trinajstić information content (AvgIpc) is 2.43. The summed E-state index contributed by atoms with van der Waals surface area (Å²) in [6.45, 7) is 0. The Labute approximate surface area is 139 Å². The summed E-state index contributed by atoms with van der Waals surface area (Å²) >= 11 is 8.49. The summed E-state index contributed by atoms with van der Waals surface area (Å²) in [6.07, 6.45) is 0.649. The fourth-order valence-electron chi connectivity index (χ4n) is 1.81. The van der Waals surface area contributed by atoms with Crippen molar-refractivity contribution in [2.75, 3.05) is 5.75 Å². The minimum Gasteiger partial charge on any atom is -0.327 e. The molecule has 2 N–H and O–H groups in total. The highest BCUT2D eigenvalue weighted by Gasteiger charge is 2.11. The molecule has 2 aromatic rings. The van der Waals surface area contributed by atoms with Gasteiger partial charge in [-0.15, -0.1) is 11.8 Å². The Morgan fingerprint density at radius 1 is 1.10 bits per heavy atom. The van der Waals surface area contributed by atoms with E-state index >= 15 is 0 Å². The molecule has 0 aliphatic carbocycles. The third-order valence-corrected chi connectivity index (χ3v) is 5.91. The van der Waals surface area contributed by atoms with E-state index in [9.17, 15) is 4.39 Å². The van der Waals surface area contributed by atoms with Crippen molar-refractivity contribution in [1.82, 2.24) is 0 Å². The molecule has 0 bridgehead atoms. The van der Waals surface area contributed by atoms with Gasteiger partial charge in [0.05, 0.1) is 4.47 Å². The lowest BCUT2D eigenvalue weighted by Gasteiger charge is -2.13. The van der Waals surface area contributed by atoms with Crippen LogP contribution in [-0.4, -0.2) is 11.8 Å². The van der Waals surface area contributed by atoms with Gasteiger partial charge >= 0.3 is 0 Å². The Hall–Kier alpha value is -0.360. The molecule has 1 unspecified atom stereocenters. The van der Waals surface area contributed by atoms with Gasteiger partial charge in [-0.05, 0) is 62.0 Å². The lowest BCUT2D eigenvalue weighted by molar-refractivity contribution is 0.615. The molecule has 0 saturated heterocycles. The summed E-state index contributed by atoms with van der Waals surface area (Å²) < 4.78 is 15.0. The predicted molar refractivity (Wildman–Crippen MR) is 90.6 cm³/mol. The molecule has 20 heavy (non-hydrogen) atoms. The maximum absolute atomic E-state index is 13.4. The fraction of sp³-hybridized carbons (Fsp3) is 0.200. The van der Waals surface area contributed by atoms with Crippen LogP contribution >= 0.6 is 43.6 Å². The average molecular weight is 419 g/mol. The summed E-state index contributed by atoms with van der Waals surface area (Å²) in [4.78, 5) is 1.17. The van der Waals surface area contributed by atoms with Gasteiger partial charge in [0.15, 0.2) is 0 Å².